The van der Waals surface area contributed by atoms with E-state index >= 15 is 0 Å². The zero-order valence-corrected chi connectivity index (χ0v) is 12.5. The van der Waals surface area contributed by atoms with Crippen molar-refractivity contribution in [3.63, 3.8) is 0 Å². The highest BCUT2D eigenvalue weighted by atomic mass is 32.2. The Labute approximate surface area is 118 Å². The first-order chi connectivity index (χ1) is 8.85. The maximum atomic E-state index is 12.0. The maximum Gasteiger partial charge on any atom is 0.152 e. The van der Waals surface area contributed by atoms with Crippen LogP contribution in [0.2, 0.25) is 0 Å². The number of hydrogen-bond donors (Lipinski definition) is 1. The van der Waals surface area contributed by atoms with Crippen LogP contribution in [0, 0.1) is 5.41 Å². The Morgan fingerprint density at radius 1 is 1.42 bits per heavy atom. The van der Waals surface area contributed by atoms with Crippen molar-refractivity contribution < 1.29 is 13.2 Å². The maximum absolute atomic E-state index is 12.0. The fourth-order valence-electron chi connectivity index (χ4n) is 2.94. The quantitative estimate of drug-likeness (QED) is 0.825. The van der Waals surface area contributed by atoms with E-state index in [0.717, 1.165) is 5.56 Å². The monoisotopic (exact) mass is 299 g/mol. The van der Waals surface area contributed by atoms with Crippen molar-refractivity contribution in [2.24, 2.45) is 11.1 Å². The van der Waals surface area contributed by atoms with Gasteiger partial charge in [-0.05, 0) is 5.56 Å². The van der Waals surface area contributed by atoms with Crippen molar-refractivity contribution in [3.05, 3.63) is 35.9 Å². The Kier molecular flexibility index (Phi) is 3.68. The predicted molar refractivity (Wildman–Crippen MR) is 78.9 cm³/mol. The molecular weight excluding hydrogens is 282 g/mol. The molecule has 0 bridgehead atoms. The molecule has 0 saturated heterocycles. The Hall–Kier alpha value is -0.980. The summed E-state index contributed by atoms with van der Waals surface area (Å²) in [5.74, 6) is -0.221. The van der Waals surface area contributed by atoms with Gasteiger partial charge in [0.25, 0.3) is 0 Å². The van der Waals surface area contributed by atoms with E-state index in [9.17, 15) is 8.42 Å². The van der Waals surface area contributed by atoms with Crippen molar-refractivity contribution in [2.45, 2.75) is 11.2 Å². The molecule has 0 spiro atoms. The Bertz CT molecular complexity index is 585. The molecular formula is C13H17NO3S2. The lowest BCUT2D eigenvalue weighted by atomic mass is 10.00. The lowest BCUT2D eigenvalue weighted by Gasteiger charge is -2.15. The van der Waals surface area contributed by atoms with Crippen LogP contribution in [0.15, 0.2) is 30.3 Å². The number of hydrogen-bond acceptors (Lipinski definition) is 4. The van der Waals surface area contributed by atoms with Gasteiger partial charge in [0.15, 0.2) is 9.84 Å². The summed E-state index contributed by atoms with van der Waals surface area (Å²) in [6, 6.07) is 9.45. The average molecular weight is 299 g/mol. The van der Waals surface area contributed by atoms with Gasteiger partial charge in [-0.3, -0.25) is 0 Å². The molecule has 1 aliphatic rings. The molecule has 4 nitrogen and oxygen atoms in total. The second-order valence-corrected chi connectivity index (χ2v) is 7.58. The van der Waals surface area contributed by atoms with Crippen molar-refractivity contribution in [2.75, 3.05) is 20.0 Å². The van der Waals surface area contributed by atoms with E-state index in [4.69, 9.17) is 22.7 Å². The van der Waals surface area contributed by atoms with E-state index in [0.29, 0.717) is 0 Å². The molecule has 1 aliphatic carbocycles. The second kappa shape index (κ2) is 4.85. The van der Waals surface area contributed by atoms with Gasteiger partial charge >= 0.3 is 0 Å². The summed E-state index contributed by atoms with van der Waals surface area (Å²) in [6.07, 6.45) is 1.23. The molecule has 1 fully saturated rings. The molecule has 0 radical (unpaired) electrons. The molecule has 0 aliphatic heterocycles. The Balaban J connectivity index is 2.50. The van der Waals surface area contributed by atoms with E-state index in [-0.39, 0.29) is 17.5 Å². The smallest absolute Gasteiger partial charge is 0.152 e. The molecule has 0 heterocycles. The first-order valence-corrected chi connectivity index (χ1v) is 8.24. The normalized spacial score (nSPS) is 30.0. The SMILES string of the molecule is COC[C@]1(C(N)=S)[C@H](c2ccccc2)[C@@H]1S(C)(=O)=O. The van der Waals surface area contributed by atoms with Crippen LogP contribution in [0.5, 0.6) is 0 Å². The third kappa shape index (κ3) is 2.28. The van der Waals surface area contributed by atoms with E-state index in [2.05, 4.69) is 0 Å². The zero-order chi connectivity index (χ0) is 14.3. The van der Waals surface area contributed by atoms with E-state index in [1.807, 2.05) is 30.3 Å². The summed E-state index contributed by atoms with van der Waals surface area (Å²) >= 11 is 5.12. The molecule has 2 N–H and O–H groups in total. The third-order valence-electron chi connectivity index (χ3n) is 3.72. The standard InChI is InChI=1S/C13H17NO3S2/c1-17-8-13(12(14)18)10(11(13)19(2,15)16)9-6-4-3-5-7-9/h3-7,10-11H,8H2,1-2H3,(H2,14,18)/t10-,11+,13+/m1/s1. The molecule has 3 atom stereocenters. The van der Waals surface area contributed by atoms with Crippen LogP contribution in [0.4, 0.5) is 0 Å². The van der Waals surface area contributed by atoms with Gasteiger partial charge in [0.1, 0.15) is 0 Å². The minimum Gasteiger partial charge on any atom is -0.393 e. The summed E-state index contributed by atoms with van der Waals surface area (Å²) in [5, 5.41) is -0.597. The number of sulfone groups is 1. The highest BCUT2D eigenvalue weighted by Crippen LogP contribution is 2.63. The predicted octanol–water partition coefficient (Wildman–Crippen LogP) is 1.12. The van der Waals surface area contributed by atoms with Gasteiger partial charge in [0.05, 0.1) is 22.3 Å². The lowest BCUT2D eigenvalue weighted by Crippen LogP contribution is -2.32. The summed E-state index contributed by atoms with van der Waals surface area (Å²) in [6.45, 7) is 0.222. The Morgan fingerprint density at radius 3 is 2.42 bits per heavy atom. The fraction of sp³-hybridized carbons (Fsp3) is 0.462. The van der Waals surface area contributed by atoms with Crippen LogP contribution in [-0.2, 0) is 14.6 Å². The number of ether oxygens (including phenoxy) is 1. The van der Waals surface area contributed by atoms with Crippen LogP contribution < -0.4 is 5.73 Å². The van der Waals surface area contributed by atoms with Gasteiger partial charge in [-0.2, -0.15) is 0 Å². The van der Waals surface area contributed by atoms with Gasteiger partial charge in [-0.15, -0.1) is 0 Å². The van der Waals surface area contributed by atoms with Crippen molar-refractivity contribution in [1.29, 1.82) is 0 Å². The van der Waals surface area contributed by atoms with Gasteiger partial charge in [-0.25, -0.2) is 8.42 Å². The number of rotatable bonds is 5. The number of nitrogens with two attached hydrogens (primary N) is 1. The molecule has 0 aromatic heterocycles. The van der Waals surface area contributed by atoms with Crippen LogP contribution in [0.1, 0.15) is 11.5 Å². The van der Waals surface area contributed by atoms with Crippen LogP contribution in [0.25, 0.3) is 0 Å². The zero-order valence-electron chi connectivity index (χ0n) is 10.9. The molecule has 1 aromatic rings. The number of thiocarbonyl (C=S) groups is 1. The fourth-order valence-corrected chi connectivity index (χ4v) is 5.25. The molecule has 6 heteroatoms. The van der Waals surface area contributed by atoms with Gasteiger partial charge < -0.3 is 10.5 Å². The largest absolute Gasteiger partial charge is 0.393 e. The summed E-state index contributed by atoms with van der Waals surface area (Å²) < 4.78 is 29.2. The minimum atomic E-state index is -3.25. The third-order valence-corrected chi connectivity index (χ3v) is 5.71. The van der Waals surface area contributed by atoms with Crippen LogP contribution >= 0.6 is 12.2 Å². The van der Waals surface area contributed by atoms with Crippen molar-refractivity contribution in [3.8, 4) is 0 Å². The molecule has 2 rings (SSSR count). The van der Waals surface area contributed by atoms with Crippen LogP contribution in [-0.4, -0.2) is 38.6 Å². The Morgan fingerprint density at radius 2 is 2.00 bits per heavy atom. The molecule has 104 valence electrons. The molecule has 1 aromatic carbocycles. The first-order valence-electron chi connectivity index (χ1n) is 5.88. The van der Waals surface area contributed by atoms with Crippen molar-refractivity contribution >= 4 is 27.0 Å². The van der Waals surface area contributed by atoms with Crippen molar-refractivity contribution in [1.82, 2.24) is 0 Å². The number of methoxy groups -OCH3 is 1. The second-order valence-electron chi connectivity index (χ2n) is 4.98. The highest BCUT2D eigenvalue weighted by Gasteiger charge is 2.71. The van der Waals surface area contributed by atoms with Gasteiger partial charge in [0.2, 0.25) is 0 Å². The van der Waals surface area contributed by atoms with E-state index in [1.165, 1.54) is 13.4 Å². The summed E-state index contributed by atoms with van der Waals surface area (Å²) in [4.78, 5) is 0.207. The molecule has 0 amide bonds. The summed E-state index contributed by atoms with van der Waals surface area (Å²) in [7, 11) is -1.72. The molecule has 19 heavy (non-hydrogen) atoms. The molecule has 0 unspecified atom stereocenters. The summed E-state index contributed by atoms with van der Waals surface area (Å²) in [5.41, 5.74) is 5.97. The van der Waals surface area contributed by atoms with Gasteiger partial charge in [-0.1, -0.05) is 42.5 Å². The van der Waals surface area contributed by atoms with E-state index in [1.54, 1.807) is 0 Å². The highest BCUT2D eigenvalue weighted by molar-refractivity contribution is 7.92. The lowest BCUT2D eigenvalue weighted by molar-refractivity contribution is 0.166. The van der Waals surface area contributed by atoms with E-state index < -0.39 is 20.5 Å². The average Bonchev–Trinajstić information content (AvgIpc) is 3.01. The first kappa shape index (κ1) is 14.4. The van der Waals surface area contributed by atoms with Crippen LogP contribution in [0.3, 0.4) is 0 Å². The van der Waals surface area contributed by atoms with Gasteiger partial charge in [0, 0.05) is 19.3 Å². The minimum absolute atomic E-state index is 0.207. The topological polar surface area (TPSA) is 69.4 Å². The molecule has 1 saturated carbocycles. The number of benzene rings is 1.